The zero-order valence-corrected chi connectivity index (χ0v) is 11.8. The topological polar surface area (TPSA) is 36.1 Å². The number of halogens is 1. The van der Waals surface area contributed by atoms with Crippen molar-refractivity contribution in [2.75, 3.05) is 0 Å². The van der Waals surface area contributed by atoms with E-state index < -0.39 is 0 Å². The molecule has 0 aliphatic carbocycles. The molecule has 0 fully saturated rings. The minimum Gasteiger partial charge on any atom is -0.237 e. The van der Waals surface area contributed by atoms with Gasteiger partial charge in [0.1, 0.15) is 11.8 Å². The number of rotatable bonds is 3. The van der Waals surface area contributed by atoms with Crippen LogP contribution in [-0.2, 0) is 0 Å². The number of nitriles is 1. The Labute approximate surface area is 120 Å². The van der Waals surface area contributed by atoms with Crippen molar-refractivity contribution in [3.8, 4) is 6.07 Å². The van der Waals surface area contributed by atoms with Crippen LogP contribution in [0.3, 0.4) is 0 Å². The minimum absolute atomic E-state index is 0.401. The summed E-state index contributed by atoms with van der Waals surface area (Å²) in [4.78, 5) is 4.35. The van der Waals surface area contributed by atoms with Gasteiger partial charge in [-0.05, 0) is 29.8 Å². The van der Waals surface area contributed by atoms with Crippen LogP contribution in [0.15, 0.2) is 64.6 Å². The molecule has 19 heavy (non-hydrogen) atoms. The molecule has 0 aliphatic rings. The van der Waals surface area contributed by atoms with Crippen molar-refractivity contribution in [2.45, 2.75) is 0 Å². The lowest BCUT2D eigenvalue weighted by atomic mass is 10.1. The maximum absolute atomic E-state index is 9.21. The number of hydrogen-bond donors (Lipinski definition) is 0. The Kier molecular flexibility index (Phi) is 4.27. The predicted molar refractivity (Wildman–Crippen MR) is 82.5 cm³/mol. The molecule has 92 valence electrons. The first kappa shape index (κ1) is 13.3. The SMILES string of the molecule is C=Cc1ccc(C(C#N)=Nc2ccc(Br)cc2)cc1. The molecule has 3 heteroatoms. The molecular weight excluding hydrogens is 300 g/mol. The molecule has 0 atom stereocenters. The molecule has 0 amide bonds. The van der Waals surface area contributed by atoms with Crippen molar-refractivity contribution in [1.29, 1.82) is 5.26 Å². The molecule has 0 saturated carbocycles. The highest BCUT2D eigenvalue weighted by atomic mass is 79.9. The Morgan fingerprint density at radius 1 is 1.11 bits per heavy atom. The van der Waals surface area contributed by atoms with Crippen LogP contribution in [0.2, 0.25) is 0 Å². The quantitative estimate of drug-likeness (QED) is 0.754. The van der Waals surface area contributed by atoms with E-state index in [-0.39, 0.29) is 0 Å². The van der Waals surface area contributed by atoms with Gasteiger partial charge in [0.15, 0.2) is 0 Å². The van der Waals surface area contributed by atoms with Crippen molar-refractivity contribution >= 4 is 33.4 Å². The first-order valence-electron chi connectivity index (χ1n) is 5.70. The van der Waals surface area contributed by atoms with Crippen LogP contribution < -0.4 is 0 Å². The second kappa shape index (κ2) is 6.12. The molecule has 0 aromatic heterocycles. The van der Waals surface area contributed by atoms with Crippen LogP contribution in [0, 0.1) is 11.3 Å². The van der Waals surface area contributed by atoms with Crippen molar-refractivity contribution in [3.63, 3.8) is 0 Å². The summed E-state index contributed by atoms with van der Waals surface area (Å²) in [6.07, 6.45) is 1.77. The molecule has 0 heterocycles. The highest BCUT2D eigenvalue weighted by Gasteiger charge is 2.02. The van der Waals surface area contributed by atoms with Gasteiger partial charge in [-0.3, -0.25) is 0 Å². The molecular formula is C16H11BrN2. The van der Waals surface area contributed by atoms with E-state index in [1.165, 1.54) is 0 Å². The van der Waals surface area contributed by atoms with E-state index in [1.54, 1.807) is 6.08 Å². The highest BCUT2D eigenvalue weighted by Crippen LogP contribution is 2.18. The van der Waals surface area contributed by atoms with Gasteiger partial charge in [0, 0.05) is 10.0 Å². The molecule has 2 nitrogen and oxygen atoms in total. The third-order valence-corrected chi connectivity index (χ3v) is 3.12. The summed E-state index contributed by atoms with van der Waals surface area (Å²) in [6.45, 7) is 3.70. The van der Waals surface area contributed by atoms with Gasteiger partial charge in [0.2, 0.25) is 0 Å². The average molecular weight is 311 g/mol. The Balaban J connectivity index is 2.36. The second-order valence-corrected chi connectivity index (χ2v) is 4.79. The van der Waals surface area contributed by atoms with Gasteiger partial charge in [-0.2, -0.15) is 5.26 Å². The van der Waals surface area contributed by atoms with Gasteiger partial charge >= 0.3 is 0 Å². The lowest BCUT2D eigenvalue weighted by Crippen LogP contribution is -1.96. The van der Waals surface area contributed by atoms with Crippen LogP contribution >= 0.6 is 15.9 Å². The minimum atomic E-state index is 0.401. The van der Waals surface area contributed by atoms with Gasteiger partial charge in [-0.1, -0.05) is 52.9 Å². The molecule has 0 unspecified atom stereocenters. The van der Waals surface area contributed by atoms with E-state index in [0.717, 1.165) is 21.3 Å². The molecule has 2 aromatic carbocycles. The summed E-state index contributed by atoms with van der Waals surface area (Å²) in [5.74, 6) is 0. The fourth-order valence-corrected chi connectivity index (χ4v) is 1.84. The van der Waals surface area contributed by atoms with Crippen LogP contribution in [-0.4, -0.2) is 5.71 Å². The van der Waals surface area contributed by atoms with Gasteiger partial charge in [-0.15, -0.1) is 0 Å². The number of aliphatic imine (C=N–C) groups is 1. The Hall–Kier alpha value is -2.18. The summed E-state index contributed by atoms with van der Waals surface area (Å²) in [7, 11) is 0. The first-order valence-corrected chi connectivity index (χ1v) is 6.49. The smallest absolute Gasteiger partial charge is 0.148 e. The zero-order valence-electron chi connectivity index (χ0n) is 10.2. The maximum Gasteiger partial charge on any atom is 0.148 e. The summed E-state index contributed by atoms with van der Waals surface area (Å²) in [5.41, 5.74) is 2.98. The Morgan fingerprint density at radius 3 is 2.26 bits per heavy atom. The van der Waals surface area contributed by atoms with E-state index in [4.69, 9.17) is 0 Å². The Morgan fingerprint density at radius 2 is 1.74 bits per heavy atom. The van der Waals surface area contributed by atoms with Gasteiger partial charge < -0.3 is 0 Å². The highest BCUT2D eigenvalue weighted by molar-refractivity contribution is 9.10. The van der Waals surface area contributed by atoms with Crippen molar-refractivity contribution in [1.82, 2.24) is 0 Å². The number of nitrogens with zero attached hydrogens (tertiary/aromatic N) is 2. The molecule has 2 aromatic rings. The van der Waals surface area contributed by atoms with Crippen molar-refractivity contribution < 1.29 is 0 Å². The number of hydrogen-bond acceptors (Lipinski definition) is 2. The standard InChI is InChI=1S/C16H11BrN2/c1-2-12-3-5-13(6-4-12)16(11-18)19-15-9-7-14(17)8-10-15/h2-10H,1H2. The Bertz CT molecular complexity index is 647. The normalized spacial score (nSPS) is 10.8. The van der Waals surface area contributed by atoms with Crippen LogP contribution in [0.1, 0.15) is 11.1 Å². The largest absolute Gasteiger partial charge is 0.237 e. The van der Waals surface area contributed by atoms with Crippen LogP contribution in [0.5, 0.6) is 0 Å². The van der Waals surface area contributed by atoms with Crippen molar-refractivity contribution in [3.05, 3.63) is 70.7 Å². The van der Waals surface area contributed by atoms with Crippen LogP contribution in [0.25, 0.3) is 6.08 Å². The fourth-order valence-electron chi connectivity index (χ4n) is 1.58. The van der Waals surface area contributed by atoms with Crippen molar-refractivity contribution in [2.24, 2.45) is 4.99 Å². The monoisotopic (exact) mass is 310 g/mol. The van der Waals surface area contributed by atoms with E-state index in [0.29, 0.717) is 5.71 Å². The molecule has 0 saturated heterocycles. The molecule has 0 spiro atoms. The molecule has 0 aliphatic heterocycles. The summed E-state index contributed by atoms with van der Waals surface area (Å²) < 4.78 is 0.986. The van der Waals surface area contributed by atoms with Gasteiger partial charge in [0.05, 0.1) is 5.69 Å². The van der Waals surface area contributed by atoms with Gasteiger partial charge in [-0.25, -0.2) is 4.99 Å². The fraction of sp³-hybridized carbons (Fsp3) is 0. The molecule has 2 rings (SSSR count). The van der Waals surface area contributed by atoms with E-state index in [1.807, 2.05) is 48.5 Å². The zero-order chi connectivity index (χ0) is 13.7. The predicted octanol–water partition coefficient (Wildman–Crippen LogP) is 4.74. The summed E-state index contributed by atoms with van der Waals surface area (Å²) in [6, 6.07) is 17.2. The lowest BCUT2D eigenvalue weighted by Gasteiger charge is -2.00. The molecule has 0 N–H and O–H groups in total. The van der Waals surface area contributed by atoms with E-state index in [2.05, 4.69) is 33.6 Å². The summed E-state index contributed by atoms with van der Waals surface area (Å²) >= 11 is 3.37. The van der Waals surface area contributed by atoms with E-state index in [9.17, 15) is 5.26 Å². The maximum atomic E-state index is 9.21. The third-order valence-electron chi connectivity index (χ3n) is 2.59. The second-order valence-electron chi connectivity index (χ2n) is 3.87. The lowest BCUT2D eigenvalue weighted by molar-refractivity contribution is 1.47. The first-order chi connectivity index (χ1) is 9.22. The molecule has 0 bridgehead atoms. The molecule has 0 radical (unpaired) electrons. The number of benzene rings is 2. The average Bonchev–Trinajstić information content (AvgIpc) is 2.47. The third kappa shape index (κ3) is 3.40. The van der Waals surface area contributed by atoms with E-state index >= 15 is 0 Å². The van der Waals surface area contributed by atoms with Crippen LogP contribution in [0.4, 0.5) is 5.69 Å². The summed E-state index contributed by atoms with van der Waals surface area (Å²) in [5, 5.41) is 9.21. The van der Waals surface area contributed by atoms with Gasteiger partial charge in [0.25, 0.3) is 0 Å².